The summed E-state index contributed by atoms with van der Waals surface area (Å²) in [7, 11) is 0. The van der Waals surface area contributed by atoms with Crippen LogP contribution in [0.15, 0.2) is 18.3 Å². The Balaban J connectivity index is 1.15. The van der Waals surface area contributed by atoms with Crippen LogP contribution < -0.4 is 4.90 Å². The third-order valence-electron chi connectivity index (χ3n) is 7.55. The molecule has 2 amide bonds. The summed E-state index contributed by atoms with van der Waals surface area (Å²) in [5.41, 5.74) is 1.04. The van der Waals surface area contributed by atoms with Crippen molar-refractivity contribution >= 4 is 17.8 Å². The zero-order valence-corrected chi connectivity index (χ0v) is 18.5. The first-order valence-electron chi connectivity index (χ1n) is 11.7. The van der Waals surface area contributed by atoms with E-state index in [1.165, 1.54) is 19.3 Å². The third-order valence-corrected chi connectivity index (χ3v) is 7.55. The van der Waals surface area contributed by atoms with Crippen molar-refractivity contribution in [3.8, 4) is 0 Å². The molecule has 1 atom stereocenters. The van der Waals surface area contributed by atoms with Crippen LogP contribution in [-0.4, -0.2) is 96.7 Å². The SMILES string of the molecule is CCOC(=O)N1CC2(CC[C@@H](N3CCN(c4ncccc4C(=O)N4CCC4)CC3)C2)C1. The van der Waals surface area contributed by atoms with Gasteiger partial charge in [-0.1, -0.05) is 0 Å². The Morgan fingerprint density at radius 2 is 1.90 bits per heavy atom. The van der Waals surface area contributed by atoms with Crippen molar-refractivity contribution in [2.45, 2.75) is 38.6 Å². The topological polar surface area (TPSA) is 69.2 Å². The number of amides is 2. The Hall–Kier alpha value is -2.35. The highest BCUT2D eigenvalue weighted by atomic mass is 16.6. The van der Waals surface area contributed by atoms with Crippen LogP contribution in [0, 0.1) is 5.41 Å². The summed E-state index contributed by atoms with van der Waals surface area (Å²) in [6.45, 7) is 9.49. The van der Waals surface area contributed by atoms with Crippen molar-refractivity contribution in [2.75, 3.05) is 63.9 Å². The van der Waals surface area contributed by atoms with Gasteiger partial charge in [-0.15, -0.1) is 0 Å². The van der Waals surface area contributed by atoms with Gasteiger partial charge in [0.1, 0.15) is 5.82 Å². The molecule has 0 bridgehead atoms. The highest BCUT2D eigenvalue weighted by molar-refractivity contribution is 5.99. The lowest BCUT2D eigenvalue weighted by Crippen LogP contribution is -2.58. The van der Waals surface area contributed by atoms with Gasteiger partial charge in [-0.2, -0.15) is 0 Å². The molecule has 0 aromatic carbocycles. The van der Waals surface area contributed by atoms with Crippen molar-refractivity contribution in [1.29, 1.82) is 0 Å². The molecule has 8 heteroatoms. The molecular formula is C23H33N5O3. The van der Waals surface area contributed by atoms with E-state index in [1.807, 2.05) is 28.9 Å². The number of ether oxygens (including phenoxy) is 1. The average Bonchev–Trinajstić information content (AvgIpc) is 3.18. The van der Waals surface area contributed by atoms with Crippen molar-refractivity contribution in [2.24, 2.45) is 5.41 Å². The fourth-order valence-electron chi connectivity index (χ4n) is 5.69. The molecule has 3 saturated heterocycles. The first-order chi connectivity index (χ1) is 15.1. The van der Waals surface area contributed by atoms with Crippen molar-refractivity contribution in [3.63, 3.8) is 0 Å². The smallest absolute Gasteiger partial charge is 0.409 e. The number of piperazine rings is 1. The summed E-state index contributed by atoms with van der Waals surface area (Å²) in [6.07, 6.45) is 6.30. The monoisotopic (exact) mass is 427 g/mol. The summed E-state index contributed by atoms with van der Waals surface area (Å²) in [6, 6.07) is 4.38. The van der Waals surface area contributed by atoms with Crippen LogP contribution in [0.1, 0.15) is 43.0 Å². The lowest BCUT2D eigenvalue weighted by atomic mass is 9.78. The molecule has 1 aromatic rings. The Kier molecular flexibility index (Phi) is 5.50. The largest absolute Gasteiger partial charge is 0.450 e. The van der Waals surface area contributed by atoms with E-state index in [4.69, 9.17) is 4.74 Å². The molecule has 0 unspecified atom stereocenters. The quantitative estimate of drug-likeness (QED) is 0.733. The third kappa shape index (κ3) is 3.86. The Morgan fingerprint density at radius 3 is 2.58 bits per heavy atom. The molecular weight excluding hydrogens is 394 g/mol. The van der Waals surface area contributed by atoms with Gasteiger partial charge < -0.3 is 19.4 Å². The maximum atomic E-state index is 12.8. The Bertz CT molecular complexity index is 828. The van der Waals surface area contributed by atoms with Gasteiger partial charge in [-0.25, -0.2) is 9.78 Å². The maximum absolute atomic E-state index is 12.8. The van der Waals surface area contributed by atoms with Crippen molar-refractivity contribution in [1.82, 2.24) is 19.7 Å². The van der Waals surface area contributed by atoms with Crippen LogP contribution in [0.5, 0.6) is 0 Å². The summed E-state index contributed by atoms with van der Waals surface area (Å²) < 4.78 is 5.14. The van der Waals surface area contributed by atoms with Gasteiger partial charge in [-0.3, -0.25) is 9.69 Å². The minimum absolute atomic E-state index is 0.116. The van der Waals surface area contributed by atoms with E-state index in [0.717, 1.165) is 70.2 Å². The fraction of sp³-hybridized carbons (Fsp3) is 0.696. The Morgan fingerprint density at radius 1 is 1.13 bits per heavy atom. The molecule has 0 N–H and O–H groups in total. The summed E-state index contributed by atoms with van der Waals surface area (Å²) in [5, 5.41) is 0. The van der Waals surface area contributed by atoms with E-state index in [2.05, 4.69) is 14.8 Å². The lowest BCUT2D eigenvalue weighted by molar-refractivity contribution is -0.00294. The van der Waals surface area contributed by atoms with Crippen LogP contribution in [0.25, 0.3) is 0 Å². The van der Waals surface area contributed by atoms with Gasteiger partial charge in [-0.05, 0) is 44.7 Å². The second kappa shape index (κ2) is 8.30. The molecule has 1 aromatic heterocycles. The van der Waals surface area contributed by atoms with Crippen LogP contribution in [0.3, 0.4) is 0 Å². The number of carbonyl (C=O) groups excluding carboxylic acids is 2. The predicted octanol–water partition coefficient (Wildman–Crippen LogP) is 2.06. The van der Waals surface area contributed by atoms with E-state index < -0.39 is 0 Å². The highest BCUT2D eigenvalue weighted by Crippen LogP contribution is 2.47. The van der Waals surface area contributed by atoms with E-state index >= 15 is 0 Å². The minimum Gasteiger partial charge on any atom is -0.450 e. The second-order valence-electron chi connectivity index (χ2n) is 9.49. The molecule has 31 heavy (non-hydrogen) atoms. The molecule has 8 nitrogen and oxygen atoms in total. The number of hydrogen-bond acceptors (Lipinski definition) is 6. The van der Waals surface area contributed by atoms with Gasteiger partial charge in [0.15, 0.2) is 0 Å². The number of pyridine rings is 1. The molecule has 4 fully saturated rings. The van der Waals surface area contributed by atoms with E-state index in [1.54, 1.807) is 6.20 Å². The van der Waals surface area contributed by atoms with Crippen LogP contribution in [0.2, 0.25) is 0 Å². The first-order valence-corrected chi connectivity index (χ1v) is 11.7. The van der Waals surface area contributed by atoms with Gasteiger partial charge in [0.25, 0.3) is 5.91 Å². The number of anilines is 1. The zero-order chi connectivity index (χ0) is 21.4. The summed E-state index contributed by atoms with van der Waals surface area (Å²) in [4.78, 5) is 37.9. The molecule has 1 spiro atoms. The summed E-state index contributed by atoms with van der Waals surface area (Å²) in [5.74, 6) is 0.955. The number of likely N-dealkylation sites (tertiary alicyclic amines) is 2. The number of aromatic nitrogens is 1. The second-order valence-corrected chi connectivity index (χ2v) is 9.49. The Labute approximate surface area is 184 Å². The van der Waals surface area contributed by atoms with Gasteiger partial charge >= 0.3 is 6.09 Å². The normalized spacial score (nSPS) is 25.3. The van der Waals surface area contributed by atoms with Gasteiger partial charge in [0.05, 0.1) is 12.2 Å². The average molecular weight is 428 g/mol. The van der Waals surface area contributed by atoms with Crippen LogP contribution in [0.4, 0.5) is 10.6 Å². The number of rotatable bonds is 4. The molecule has 168 valence electrons. The molecule has 0 radical (unpaired) electrons. The highest BCUT2D eigenvalue weighted by Gasteiger charge is 2.51. The number of nitrogens with zero attached hydrogens (tertiary/aromatic N) is 5. The predicted molar refractivity (Wildman–Crippen MR) is 117 cm³/mol. The molecule has 4 heterocycles. The zero-order valence-electron chi connectivity index (χ0n) is 18.5. The first kappa shape index (κ1) is 20.5. The molecule has 4 aliphatic rings. The number of carbonyl (C=O) groups is 2. The minimum atomic E-state index is -0.163. The van der Waals surface area contributed by atoms with Crippen LogP contribution in [-0.2, 0) is 4.74 Å². The standard InChI is InChI=1S/C23H33N5O3/c1-2-31-22(30)28-16-23(17-28)7-6-18(15-23)25-11-13-26(14-12-25)20-19(5-3-8-24-20)21(29)27-9-4-10-27/h3,5,8,18H,2,4,6-7,9-17H2,1H3/t18-/m1/s1. The van der Waals surface area contributed by atoms with E-state index in [-0.39, 0.29) is 12.0 Å². The number of hydrogen-bond donors (Lipinski definition) is 0. The van der Waals surface area contributed by atoms with E-state index in [9.17, 15) is 9.59 Å². The molecule has 1 saturated carbocycles. The molecule has 3 aliphatic heterocycles. The molecule has 1 aliphatic carbocycles. The van der Waals surface area contributed by atoms with Crippen molar-refractivity contribution in [3.05, 3.63) is 23.9 Å². The van der Waals surface area contributed by atoms with Gasteiger partial charge in [0.2, 0.25) is 0 Å². The molecule has 5 rings (SSSR count). The fourth-order valence-corrected chi connectivity index (χ4v) is 5.69. The van der Waals surface area contributed by atoms with Gasteiger partial charge in [0, 0.05) is 70.0 Å². The lowest BCUT2D eigenvalue weighted by Gasteiger charge is -2.48. The maximum Gasteiger partial charge on any atom is 0.409 e. The summed E-state index contributed by atoms with van der Waals surface area (Å²) >= 11 is 0. The van der Waals surface area contributed by atoms with Crippen LogP contribution >= 0.6 is 0 Å². The van der Waals surface area contributed by atoms with Crippen molar-refractivity contribution < 1.29 is 14.3 Å². The van der Waals surface area contributed by atoms with E-state index in [0.29, 0.717) is 18.1 Å².